The fourth-order valence-electron chi connectivity index (χ4n) is 3.91. The van der Waals surface area contributed by atoms with Crippen LogP contribution in [0.4, 0.5) is 17.1 Å². The molecule has 0 aromatic heterocycles. The van der Waals surface area contributed by atoms with Gasteiger partial charge in [0, 0.05) is 37.1 Å². The van der Waals surface area contributed by atoms with Gasteiger partial charge in [0.1, 0.15) is 0 Å². The summed E-state index contributed by atoms with van der Waals surface area (Å²) in [6, 6.07) is 19.7. The number of nitrogens with one attached hydrogen (secondary N) is 1. The van der Waals surface area contributed by atoms with E-state index in [0.29, 0.717) is 5.69 Å². The van der Waals surface area contributed by atoms with Crippen LogP contribution in [-0.4, -0.2) is 24.4 Å². The SMILES string of the molecule is CCCCCCCCN(C)c1ccc(-c2ccc(NC(=O)c3cc([N+](=O)[O-])ccc3Cl)cc2)cc1. The highest BCUT2D eigenvalue weighted by molar-refractivity contribution is 6.34. The molecule has 3 rings (SSSR count). The number of carbonyl (C=O) groups is 1. The molecule has 3 aromatic carbocycles. The van der Waals surface area contributed by atoms with E-state index in [0.717, 1.165) is 17.7 Å². The van der Waals surface area contributed by atoms with Crippen molar-refractivity contribution in [3.05, 3.63) is 87.4 Å². The fraction of sp³-hybridized carbons (Fsp3) is 0.321. The molecule has 6 nitrogen and oxygen atoms in total. The van der Waals surface area contributed by atoms with Crippen molar-refractivity contribution in [2.45, 2.75) is 45.4 Å². The smallest absolute Gasteiger partial charge is 0.270 e. The van der Waals surface area contributed by atoms with E-state index in [-0.39, 0.29) is 16.3 Å². The van der Waals surface area contributed by atoms with Crippen LogP contribution in [0.15, 0.2) is 66.7 Å². The summed E-state index contributed by atoms with van der Waals surface area (Å²) in [5, 5.41) is 13.9. The number of nitrogens with zero attached hydrogens (tertiary/aromatic N) is 2. The Kier molecular flexibility index (Phi) is 9.67. The molecule has 3 aromatic rings. The molecular weight excluding hydrogens is 462 g/mol. The Morgan fingerprint density at radius 1 is 0.914 bits per heavy atom. The lowest BCUT2D eigenvalue weighted by Crippen LogP contribution is -2.18. The van der Waals surface area contributed by atoms with E-state index in [1.165, 1.54) is 62.4 Å². The van der Waals surface area contributed by atoms with Gasteiger partial charge >= 0.3 is 0 Å². The van der Waals surface area contributed by atoms with E-state index in [4.69, 9.17) is 11.6 Å². The van der Waals surface area contributed by atoms with Crippen molar-refractivity contribution in [1.82, 2.24) is 0 Å². The minimum absolute atomic E-state index is 0.0608. The molecule has 7 heteroatoms. The van der Waals surface area contributed by atoms with Crippen molar-refractivity contribution in [1.29, 1.82) is 0 Å². The molecular formula is C28H32ClN3O3. The van der Waals surface area contributed by atoms with Crippen molar-refractivity contribution in [2.24, 2.45) is 0 Å². The largest absolute Gasteiger partial charge is 0.375 e. The van der Waals surface area contributed by atoms with Crippen LogP contribution < -0.4 is 10.2 Å². The normalized spacial score (nSPS) is 10.7. The third kappa shape index (κ3) is 7.55. The van der Waals surface area contributed by atoms with Gasteiger partial charge in [0.2, 0.25) is 0 Å². The number of carbonyl (C=O) groups excluding carboxylic acids is 1. The van der Waals surface area contributed by atoms with Gasteiger partial charge in [-0.25, -0.2) is 0 Å². The number of anilines is 2. The van der Waals surface area contributed by atoms with Gasteiger partial charge in [0.05, 0.1) is 15.5 Å². The maximum atomic E-state index is 12.6. The zero-order valence-electron chi connectivity index (χ0n) is 20.3. The molecule has 0 saturated heterocycles. The van der Waals surface area contributed by atoms with Crippen LogP contribution >= 0.6 is 11.6 Å². The van der Waals surface area contributed by atoms with Crippen LogP contribution in [0.3, 0.4) is 0 Å². The van der Waals surface area contributed by atoms with Gasteiger partial charge in [-0.2, -0.15) is 0 Å². The average Bonchev–Trinajstić information content (AvgIpc) is 2.86. The molecule has 0 heterocycles. The van der Waals surface area contributed by atoms with Crippen molar-refractivity contribution < 1.29 is 9.72 Å². The zero-order chi connectivity index (χ0) is 25.2. The number of hydrogen-bond donors (Lipinski definition) is 1. The summed E-state index contributed by atoms with van der Waals surface area (Å²) in [5.41, 5.74) is 3.76. The Bertz CT molecular complexity index is 1130. The highest BCUT2D eigenvalue weighted by atomic mass is 35.5. The van der Waals surface area contributed by atoms with Crippen LogP contribution in [0.1, 0.15) is 55.8 Å². The number of halogens is 1. The van der Waals surface area contributed by atoms with Crippen molar-refractivity contribution in [3.8, 4) is 11.1 Å². The van der Waals surface area contributed by atoms with Crippen LogP contribution in [0.5, 0.6) is 0 Å². The van der Waals surface area contributed by atoms with E-state index >= 15 is 0 Å². The van der Waals surface area contributed by atoms with Crippen LogP contribution in [0.2, 0.25) is 5.02 Å². The molecule has 0 spiro atoms. The van der Waals surface area contributed by atoms with Gasteiger partial charge in [0.15, 0.2) is 0 Å². The molecule has 0 saturated carbocycles. The van der Waals surface area contributed by atoms with E-state index in [1.807, 2.05) is 12.1 Å². The molecule has 35 heavy (non-hydrogen) atoms. The summed E-state index contributed by atoms with van der Waals surface area (Å²) in [5.74, 6) is -0.496. The highest BCUT2D eigenvalue weighted by Crippen LogP contribution is 2.26. The third-order valence-corrected chi connectivity index (χ3v) is 6.37. The molecule has 0 radical (unpaired) electrons. The molecule has 0 atom stereocenters. The van der Waals surface area contributed by atoms with Crippen LogP contribution in [-0.2, 0) is 0 Å². The van der Waals surface area contributed by atoms with Gasteiger partial charge < -0.3 is 10.2 Å². The molecule has 1 amide bonds. The Morgan fingerprint density at radius 3 is 2.14 bits per heavy atom. The highest BCUT2D eigenvalue weighted by Gasteiger charge is 2.16. The molecule has 0 aliphatic heterocycles. The number of nitro benzene ring substituents is 1. The summed E-state index contributed by atoms with van der Waals surface area (Å²) >= 11 is 6.07. The summed E-state index contributed by atoms with van der Waals surface area (Å²) in [6.45, 7) is 3.29. The first-order chi connectivity index (χ1) is 16.9. The maximum absolute atomic E-state index is 12.6. The summed E-state index contributed by atoms with van der Waals surface area (Å²) in [7, 11) is 2.13. The summed E-state index contributed by atoms with van der Waals surface area (Å²) in [6.07, 6.45) is 7.74. The van der Waals surface area contributed by atoms with E-state index < -0.39 is 10.8 Å². The first-order valence-corrected chi connectivity index (χ1v) is 12.4. The van der Waals surface area contributed by atoms with Crippen molar-refractivity contribution in [2.75, 3.05) is 23.8 Å². The summed E-state index contributed by atoms with van der Waals surface area (Å²) in [4.78, 5) is 25.3. The van der Waals surface area contributed by atoms with E-state index in [1.54, 1.807) is 12.1 Å². The zero-order valence-corrected chi connectivity index (χ0v) is 21.1. The molecule has 184 valence electrons. The van der Waals surface area contributed by atoms with Gasteiger partial charge in [-0.1, -0.05) is 74.9 Å². The fourth-order valence-corrected chi connectivity index (χ4v) is 4.12. The first-order valence-electron chi connectivity index (χ1n) is 12.1. The molecule has 0 aliphatic rings. The minimum Gasteiger partial charge on any atom is -0.375 e. The number of hydrogen-bond acceptors (Lipinski definition) is 4. The number of non-ortho nitro benzene ring substituents is 1. The number of nitro groups is 1. The van der Waals surface area contributed by atoms with E-state index in [2.05, 4.69) is 48.5 Å². The Balaban J connectivity index is 1.57. The number of amides is 1. The lowest BCUT2D eigenvalue weighted by Gasteiger charge is -2.19. The lowest BCUT2D eigenvalue weighted by molar-refractivity contribution is -0.384. The second-order valence-corrected chi connectivity index (χ2v) is 9.10. The predicted molar refractivity (Wildman–Crippen MR) is 145 cm³/mol. The molecule has 1 N–H and O–H groups in total. The monoisotopic (exact) mass is 493 g/mol. The number of rotatable bonds is 12. The Morgan fingerprint density at radius 2 is 1.51 bits per heavy atom. The van der Waals surface area contributed by atoms with Crippen molar-refractivity contribution >= 4 is 34.6 Å². The minimum atomic E-state index is -0.556. The van der Waals surface area contributed by atoms with Gasteiger partial charge in [-0.05, 0) is 47.9 Å². The standard InChI is InChI=1S/C28H32ClN3O3/c1-3-4-5-6-7-8-19-31(2)24-15-11-22(12-16-24)21-9-13-23(14-10-21)30-28(33)26-20-25(32(34)35)17-18-27(26)29/h9-18,20H,3-8,19H2,1-2H3,(H,30,33). The average molecular weight is 494 g/mol. The number of benzene rings is 3. The second-order valence-electron chi connectivity index (χ2n) is 8.69. The van der Waals surface area contributed by atoms with Crippen molar-refractivity contribution in [3.63, 3.8) is 0 Å². The Hall–Kier alpha value is -3.38. The van der Waals surface area contributed by atoms with E-state index in [9.17, 15) is 14.9 Å². The second kappa shape index (κ2) is 12.9. The topological polar surface area (TPSA) is 75.5 Å². The molecule has 0 aliphatic carbocycles. The third-order valence-electron chi connectivity index (χ3n) is 6.04. The van der Waals surface area contributed by atoms with Gasteiger partial charge in [0.25, 0.3) is 11.6 Å². The van der Waals surface area contributed by atoms with Gasteiger partial charge in [-0.15, -0.1) is 0 Å². The van der Waals surface area contributed by atoms with Crippen LogP contribution in [0, 0.1) is 10.1 Å². The molecule has 0 fully saturated rings. The quantitative estimate of drug-likeness (QED) is 0.158. The predicted octanol–water partition coefficient (Wildman–Crippen LogP) is 7.96. The molecule has 0 unspecified atom stereocenters. The van der Waals surface area contributed by atoms with Crippen LogP contribution in [0.25, 0.3) is 11.1 Å². The van der Waals surface area contributed by atoms with Gasteiger partial charge in [-0.3, -0.25) is 14.9 Å². The summed E-state index contributed by atoms with van der Waals surface area (Å²) < 4.78 is 0. The number of unbranched alkanes of at least 4 members (excludes halogenated alkanes) is 5. The lowest BCUT2D eigenvalue weighted by atomic mass is 10.0. The maximum Gasteiger partial charge on any atom is 0.270 e. The molecule has 0 bridgehead atoms. The first kappa shape index (κ1) is 26.2. The Labute approximate surface area is 212 Å².